The highest BCUT2D eigenvalue weighted by Gasteiger charge is 2.58. The summed E-state index contributed by atoms with van der Waals surface area (Å²) in [6, 6.07) is 4.91. The SMILES string of the molecule is CC(=O)O[C@@H](C)/C=C\C(=O)N[C@@H]1C[C@H](C)[C@H](C/C=C(C)/C=C/[C@H]2O[C@H](CC(=O)CNC(=O)OCc3ccc(NC(=O)[C@H](CCCNC(N)=O)CC(=O)[C@@H](NC(=O)CCCCCCCN)C(C)C)cc3)C[C@@]3(CO3)[C@@H]2O)O[C@@H]1C. The topological polar surface area (TPSA) is 318 Å². The van der Waals surface area contributed by atoms with Crippen LogP contribution in [0.2, 0.25) is 0 Å². The van der Waals surface area contributed by atoms with E-state index in [1.807, 2.05) is 39.8 Å². The molecule has 3 aliphatic heterocycles. The van der Waals surface area contributed by atoms with Gasteiger partial charge in [-0.15, -0.1) is 0 Å². The van der Waals surface area contributed by atoms with Gasteiger partial charge in [0.2, 0.25) is 17.7 Å². The number of carbonyl (C=O) groups is 8. The number of rotatable bonds is 32. The van der Waals surface area contributed by atoms with Crippen molar-refractivity contribution in [2.24, 2.45) is 29.2 Å². The minimum absolute atomic E-state index is 0.0324. The molecule has 0 unspecified atom stereocenters. The Hall–Kier alpha value is -6.00. The van der Waals surface area contributed by atoms with Gasteiger partial charge in [-0.3, -0.25) is 28.8 Å². The van der Waals surface area contributed by atoms with Gasteiger partial charge in [-0.05, 0) is 101 Å². The standard InChI is InChI=1S/C57H87N7O14/c1-35(2)52(64-50(68)15-11-9-8-10-12-26-58)47(67)29-42(14-13-27-60-55(59)72)54(71)62-43-21-19-41(20-22-43)33-74-56(73)61-32-44(66)30-45-31-57(34-75-57)53(70)49(78-45)24-17-36(3)16-23-48-37(4)28-46(39(6)77-48)63-51(69)25-18-38(5)76-40(7)65/h16-22,24-25,35,37-39,42,45-46,48-49,52-53,70H,8-15,23,26-34,58H2,1-7H3,(H,61,73)(H,62,71)(H,63,69)(H,64,68)(H3,59,60,72)/b24-17+,25-18-,36-16+/t37-,38-,39+,42+,45+,46+,48-,49+,52-,53+,57+/m0/s1. The van der Waals surface area contributed by atoms with Crippen LogP contribution in [0.3, 0.4) is 0 Å². The van der Waals surface area contributed by atoms with Gasteiger partial charge in [0, 0.05) is 56.8 Å². The number of aliphatic hydroxyl groups excluding tert-OH is 1. The van der Waals surface area contributed by atoms with E-state index < -0.39 is 66.0 Å². The van der Waals surface area contributed by atoms with Gasteiger partial charge in [-0.25, -0.2) is 9.59 Å². The molecule has 1 spiro atoms. The summed E-state index contributed by atoms with van der Waals surface area (Å²) in [5.41, 5.74) is 11.9. The van der Waals surface area contributed by atoms with E-state index in [4.69, 9.17) is 35.2 Å². The maximum absolute atomic E-state index is 13.6. The first-order valence-corrected chi connectivity index (χ1v) is 27.6. The summed E-state index contributed by atoms with van der Waals surface area (Å²) >= 11 is 0. The lowest BCUT2D eigenvalue weighted by Crippen LogP contribution is -2.50. The third-order valence-electron chi connectivity index (χ3n) is 14.2. The summed E-state index contributed by atoms with van der Waals surface area (Å²) < 4.78 is 28.6. The van der Waals surface area contributed by atoms with Crippen LogP contribution < -0.4 is 38.1 Å². The number of hydrogen-bond donors (Lipinski definition) is 8. The van der Waals surface area contributed by atoms with Crippen molar-refractivity contribution in [2.45, 2.75) is 193 Å². The van der Waals surface area contributed by atoms with E-state index in [0.717, 1.165) is 31.3 Å². The summed E-state index contributed by atoms with van der Waals surface area (Å²) in [6.45, 7) is 13.3. The maximum Gasteiger partial charge on any atom is 0.407 e. The van der Waals surface area contributed by atoms with Crippen LogP contribution in [0.5, 0.6) is 0 Å². The van der Waals surface area contributed by atoms with E-state index in [0.29, 0.717) is 62.9 Å². The number of benzene rings is 1. The molecular weight excluding hydrogens is 1010 g/mol. The van der Waals surface area contributed by atoms with Gasteiger partial charge in [0.25, 0.3) is 0 Å². The second-order valence-electron chi connectivity index (χ2n) is 21.4. The summed E-state index contributed by atoms with van der Waals surface area (Å²) in [7, 11) is 0. The number of allylic oxidation sites excluding steroid dienone is 2. The molecular formula is C57H87N7O14. The number of amides is 6. The van der Waals surface area contributed by atoms with Crippen LogP contribution in [0.25, 0.3) is 0 Å². The third kappa shape index (κ3) is 23.1. The molecule has 3 fully saturated rings. The lowest BCUT2D eigenvalue weighted by molar-refractivity contribution is -0.144. The first-order valence-electron chi connectivity index (χ1n) is 27.6. The highest BCUT2D eigenvalue weighted by Crippen LogP contribution is 2.43. The molecule has 3 aliphatic rings. The molecule has 0 saturated carbocycles. The minimum Gasteiger partial charge on any atom is -0.459 e. The van der Waals surface area contributed by atoms with Crippen molar-refractivity contribution in [2.75, 3.05) is 31.6 Å². The molecule has 3 saturated heterocycles. The highest BCUT2D eigenvalue weighted by molar-refractivity contribution is 5.97. The van der Waals surface area contributed by atoms with Gasteiger partial charge in [-0.2, -0.15) is 0 Å². The largest absolute Gasteiger partial charge is 0.459 e. The molecule has 434 valence electrons. The molecule has 4 rings (SSSR count). The average molecular weight is 1090 g/mol. The molecule has 6 amide bonds. The number of primary amides is 1. The van der Waals surface area contributed by atoms with Crippen LogP contribution in [0.1, 0.15) is 138 Å². The molecule has 11 atom stereocenters. The van der Waals surface area contributed by atoms with Gasteiger partial charge < -0.3 is 66.8 Å². The lowest BCUT2D eigenvalue weighted by atomic mass is 9.87. The number of alkyl carbamates (subject to hydrolysis) is 1. The molecule has 1 aromatic rings. The second kappa shape index (κ2) is 32.8. The Morgan fingerprint density at radius 3 is 2.29 bits per heavy atom. The van der Waals surface area contributed by atoms with Gasteiger partial charge in [0.05, 0.1) is 43.5 Å². The predicted octanol–water partition coefficient (Wildman–Crippen LogP) is 5.26. The number of esters is 1. The van der Waals surface area contributed by atoms with E-state index in [1.165, 1.54) is 19.1 Å². The van der Waals surface area contributed by atoms with E-state index in [-0.39, 0.29) is 92.4 Å². The number of nitrogens with one attached hydrogen (secondary N) is 5. The Balaban J connectivity index is 1.21. The van der Waals surface area contributed by atoms with Crippen molar-refractivity contribution in [1.29, 1.82) is 0 Å². The monoisotopic (exact) mass is 1090 g/mol. The molecule has 78 heavy (non-hydrogen) atoms. The number of unbranched alkanes of at least 4 members (excludes halogenated alkanes) is 4. The van der Waals surface area contributed by atoms with Crippen LogP contribution >= 0.6 is 0 Å². The van der Waals surface area contributed by atoms with Crippen molar-refractivity contribution < 1.29 is 67.1 Å². The molecule has 3 heterocycles. The molecule has 21 nitrogen and oxygen atoms in total. The molecule has 21 heteroatoms. The number of urea groups is 1. The number of epoxide rings is 1. The van der Waals surface area contributed by atoms with E-state index in [1.54, 1.807) is 37.3 Å². The maximum atomic E-state index is 13.6. The van der Waals surface area contributed by atoms with Crippen LogP contribution in [-0.4, -0.2) is 133 Å². The fourth-order valence-corrected chi connectivity index (χ4v) is 9.59. The highest BCUT2D eigenvalue weighted by atomic mass is 16.6. The summed E-state index contributed by atoms with van der Waals surface area (Å²) in [5.74, 6) is -2.77. The zero-order valence-corrected chi connectivity index (χ0v) is 46.7. The Morgan fingerprint density at radius 2 is 1.63 bits per heavy atom. The summed E-state index contributed by atoms with van der Waals surface area (Å²) in [4.78, 5) is 101. The van der Waals surface area contributed by atoms with Gasteiger partial charge in [0.15, 0.2) is 11.6 Å². The quantitative estimate of drug-likeness (QED) is 0.0150. The minimum atomic E-state index is -0.946. The van der Waals surface area contributed by atoms with Crippen molar-refractivity contribution in [3.05, 3.63) is 65.8 Å². The zero-order chi connectivity index (χ0) is 57.4. The molecule has 1 aromatic carbocycles. The third-order valence-corrected chi connectivity index (χ3v) is 14.2. The molecule has 0 radical (unpaired) electrons. The van der Waals surface area contributed by atoms with Crippen LogP contribution in [0.4, 0.5) is 15.3 Å². The number of anilines is 1. The Kier molecular flexibility index (Phi) is 27.1. The van der Waals surface area contributed by atoms with Crippen LogP contribution in [-0.2, 0) is 59.1 Å². The zero-order valence-electron chi connectivity index (χ0n) is 46.7. The van der Waals surface area contributed by atoms with Crippen molar-refractivity contribution in [3.8, 4) is 0 Å². The Labute approximate surface area is 459 Å². The van der Waals surface area contributed by atoms with E-state index in [9.17, 15) is 43.5 Å². The first kappa shape index (κ1) is 64.5. The normalized spacial score (nSPS) is 24.2. The van der Waals surface area contributed by atoms with Crippen LogP contribution in [0, 0.1) is 17.8 Å². The molecule has 0 bridgehead atoms. The number of Topliss-reactive ketones (excluding diaryl/α,β-unsaturated/α-hetero) is 2. The Bertz CT molecular complexity index is 2250. The van der Waals surface area contributed by atoms with Gasteiger partial charge >= 0.3 is 18.1 Å². The molecule has 0 aromatic heterocycles. The fraction of sp³-hybridized carbons (Fsp3) is 0.649. The number of nitrogens with two attached hydrogens (primary N) is 2. The number of hydrogen-bond acceptors (Lipinski definition) is 15. The predicted molar refractivity (Wildman–Crippen MR) is 292 cm³/mol. The molecule has 0 aliphatic carbocycles. The summed E-state index contributed by atoms with van der Waals surface area (Å²) in [5, 5.41) is 24.9. The smallest absolute Gasteiger partial charge is 0.407 e. The van der Waals surface area contributed by atoms with Crippen molar-refractivity contribution in [3.63, 3.8) is 0 Å². The first-order chi connectivity index (χ1) is 37.1. The molecule has 10 N–H and O–H groups in total. The van der Waals surface area contributed by atoms with Crippen molar-refractivity contribution in [1.82, 2.24) is 21.3 Å². The summed E-state index contributed by atoms with van der Waals surface area (Å²) in [6.07, 6.45) is 11.6. The number of ether oxygens (including phenoxy) is 5. The van der Waals surface area contributed by atoms with Crippen LogP contribution in [0.15, 0.2) is 60.2 Å². The number of ketones is 2. The van der Waals surface area contributed by atoms with E-state index >= 15 is 0 Å². The van der Waals surface area contributed by atoms with Gasteiger partial charge in [0.1, 0.15) is 30.5 Å². The Morgan fingerprint density at radius 1 is 0.923 bits per heavy atom. The lowest BCUT2D eigenvalue weighted by Gasteiger charge is -2.39. The average Bonchev–Trinajstić information content (AvgIpc) is 4.21. The fourth-order valence-electron chi connectivity index (χ4n) is 9.59. The second-order valence-corrected chi connectivity index (χ2v) is 21.4. The van der Waals surface area contributed by atoms with E-state index in [2.05, 4.69) is 33.5 Å². The number of carbonyl (C=O) groups excluding carboxylic acids is 8. The van der Waals surface area contributed by atoms with Crippen molar-refractivity contribution >= 4 is 53.1 Å². The number of aliphatic hydroxyl groups is 1. The van der Waals surface area contributed by atoms with Gasteiger partial charge in [-0.1, -0.05) is 76.0 Å².